The number of anilines is 1. The number of hydrogen-bond acceptors (Lipinski definition) is 3. The molecule has 0 fully saturated rings. The summed E-state index contributed by atoms with van der Waals surface area (Å²) in [6, 6.07) is 14.9. The van der Waals surface area contributed by atoms with Gasteiger partial charge in [-0.2, -0.15) is 0 Å². The van der Waals surface area contributed by atoms with Gasteiger partial charge in [0.1, 0.15) is 0 Å². The zero-order valence-electron chi connectivity index (χ0n) is 10.3. The van der Waals surface area contributed by atoms with E-state index in [1.165, 1.54) is 6.07 Å². The van der Waals surface area contributed by atoms with Gasteiger partial charge >= 0.3 is 11.9 Å². The summed E-state index contributed by atoms with van der Waals surface area (Å²) in [6.07, 6.45) is 0. The van der Waals surface area contributed by atoms with E-state index in [-0.39, 0.29) is 5.56 Å². The summed E-state index contributed by atoms with van der Waals surface area (Å²) < 4.78 is 2.61. The third kappa shape index (κ3) is 4.74. The highest BCUT2D eigenvalue weighted by molar-refractivity contribution is 9.10. The quantitative estimate of drug-likeness (QED) is 0.746. The number of aromatic carboxylic acids is 2. The Bertz CT molecular complexity index is 587. The molecular weight excluding hydrogens is 326 g/mol. The summed E-state index contributed by atoms with van der Waals surface area (Å²) in [5.74, 6) is -1.82. The molecule has 0 aromatic heterocycles. The zero-order chi connectivity index (χ0) is 15.0. The highest BCUT2D eigenvalue weighted by atomic mass is 79.9. The van der Waals surface area contributed by atoms with Crippen molar-refractivity contribution in [3.63, 3.8) is 0 Å². The van der Waals surface area contributed by atoms with Crippen LogP contribution in [0.4, 0.5) is 5.69 Å². The second-order valence-electron chi connectivity index (χ2n) is 3.62. The molecular formula is C14H12BrNO4. The molecule has 0 heterocycles. The SMILES string of the molecule is O=C(O)c1ccccc1.O=C(O)c1ccccc1NBr. The molecule has 0 bridgehead atoms. The van der Waals surface area contributed by atoms with Gasteiger partial charge in [0.25, 0.3) is 0 Å². The number of rotatable bonds is 3. The van der Waals surface area contributed by atoms with Crippen molar-refractivity contribution in [2.24, 2.45) is 0 Å². The summed E-state index contributed by atoms with van der Waals surface area (Å²) >= 11 is 2.96. The van der Waals surface area contributed by atoms with Gasteiger partial charge in [0.2, 0.25) is 0 Å². The lowest BCUT2D eigenvalue weighted by Crippen LogP contribution is -1.98. The lowest BCUT2D eigenvalue weighted by Gasteiger charge is -2.01. The topological polar surface area (TPSA) is 86.6 Å². The molecule has 0 saturated heterocycles. The molecule has 2 aromatic rings. The smallest absolute Gasteiger partial charge is 0.337 e. The van der Waals surface area contributed by atoms with Crippen molar-refractivity contribution in [2.75, 3.05) is 4.34 Å². The number of nitrogens with one attached hydrogen (secondary N) is 1. The average Bonchev–Trinajstić information content (AvgIpc) is 2.48. The van der Waals surface area contributed by atoms with Crippen molar-refractivity contribution in [1.29, 1.82) is 0 Å². The minimum atomic E-state index is -0.937. The Labute approximate surface area is 124 Å². The molecule has 104 valence electrons. The third-order valence-corrected chi connectivity index (χ3v) is 2.71. The first-order valence-electron chi connectivity index (χ1n) is 5.53. The molecule has 0 atom stereocenters. The van der Waals surface area contributed by atoms with E-state index in [1.807, 2.05) is 0 Å². The van der Waals surface area contributed by atoms with Crippen LogP contribution in [-0.4, -0.2) is 22.2 Å². The molecule has 0 unspecified atom stereocenters. The van der Waals surface area contributed by atoms with Crippen LogP contribution in [0.15, 0.2) is 54.6 Å². The summed E-state index contributed by atoms with van der Waals surface area (Å²) in [7, 11) is 0. The zero-order valence-corrected chi connectivity index (χ0v) is 11.9. The van der Waals surface area contributed by atoms with E-state index < -0.39 is 11.9 Å². The van der Waals surface area contributed by atoms with Gasteiger partial charge in [0.15, 0.2) is 0 Å². The van der Waals surface area contributed by atoms with Crippen molar-refractivity contribution >= 4 is 33.8 Å². The lowest BCUT2D eigenvalue weighted by molar-refractivity contribution is 0.0686. The lowest BCUT2D eigenvalue weighted by atomic mass is 10.2. The summed E-state index contributed by atoms with van der Waals surface area (Å²) in [5, 5.41) is 17.0. The van der Waals surface area contributed by atoms with Gasteiger partial charge in [-0.05, 0) is 24.3 Å². The molecule has 0 amide bonds. The predicted octanol–water partition coefficient (Wildman–Crippen LogP) is 3.49. The van der Waals surface area contributed by atoms with Crippen LogP contribution in [0, 0.1) is 0 Å². The molecule has 2 rings (SSSR count). The van der Waals surface area contributed by atoms with Crippen molar-refractivity contribution < 1.29 is 19.8 Å². The summed E-state index contributed by atoms with van der Waals surface area (Å²) in [5.41, 5.74) is 1.14. The van der Waals surface area contributed by atoms with Gasteiger partial charge < -0.3 is 14.6 Å². The molecule has 0 radical (unpaired) electrons. The largest absolute Gasteiger partial charge is 0.478 e. The van der Waals surface area contributed by atoms with E-state index in [0.29, 0.717) is 11.3 Å². The number of carboxylic acid groups (broad SMARTS) is 2. The molecule has 0 aliphatic carbocycles. The van der Waals surface area contributed by atoms with Crippen molar-refractivity contribution in [3.8, 4) is 0 Å². The van der Waals surface area contributed by atoms with E-state index >= 15 is 0 Å². The minimum absolute atomic E-state index is 0.254. The van der Waals surface area contributed by atoms with Crippen LogP contribution in [0.3, 0.4) is 0 Å². The molecule has 6 heteroatoms. The normalized spacial score (nSPS) is 9.05. The fourth-order valence-corrected chi connectivity index (χ4v) is 1.68. The van der Waals surface area contributed by atoms with Gasteiger partial charge in [0.05, 0.1) is 16.8 Å². The van der Waals surface area contributed by atoms with Crippen LogP contribution >= 0.6 is 16.1 Å². The Morgan fingerprint density at radius 2 is 1.40 bits per heavy atom. The Kier molecular flexibility index (Phi) is 6.25. The average molecular weight is 338 g/mol. The van der Waals surface area contributed by atoms with Crippen LogP contribution in [-0.2, 0) is 0 Å². The maximum Gasteiger partial charge on any atom is 0.337 e. The number of halogens is 1. The van der Waals surface area contributed by atoms with Crippen LogP contribution in [0.2, 0.25) is 0 Å². The van der Waals surface area contributed by atoms with E-state index in [1.54, 1.807) is 48.5 Å². The minimum Gasteiger partial charge on any atom is -0.478 e. The number of hydrogen-bond donors (Lipinski definition) is 3. The maximum atomic E-state index is 10.5. The Morgan fingerprint density at radius 3 is 1.80 bits per heavy atom. The molecule has 20 heavy (non-hydrogen) atoms. The second kappa shape index (κ2) is 7.96. The van der Waals surface area contributed by atoms with Gasteiger partial charge in [0, 0.05) is 16.1 Å². The van der Waals surface area contributed by atoms with Gasteiger partial charge in [-0.15, -0.1) is 0 Å². The first-order chi connectivity index (χ1) is 9.56. The van der Waals surface area contributed by atoms with Crippen molar-refractivity contribution in [1.82, 2.24) is 0 Å². The molecule has 0 aliphatic heterocycles. The number of carbonyl (C=O) groups is 2. The predicted molar refractivity (Wildman–Crippen MR) is 79.4 cm³/mol. The van der Waals surface area contributed by atoms with Crippen molar-refractivity contribution in [3.05, 3.63) is 65.7 Å². The molecule has 0 aliphatic rings. The highest BCUT2D eigenvalue weighted by Gasteiger charge is 2.06. The van der Waals surface area contributed by atoms with Crippen molar-refractivity contribution in [2.45, 2.75) is 0 Å². The number of para-hydroxylation sites is 1. The fourth-order valence-electron chi connectivity index (χ4n) is 1.33. The maximum absolute atomic E-state index is 10.5. The molecule has 0 spiro atoms. The monoisotopic (exact) mass is 337 g/mol. The number of benzene rings is 2. The first kappa shape index (κ1) is 15.7. The first-order valence-corrected chi connectivity index (χ1v) is 6.33. The fraction of sp³-hybridized carbons (Fsp3) is 0. The molecule has 0 saturated carbocycles. The number of carboxylic acids is 2. The molecule has 5 nitrogen and oxygen atoms in total. The van der Waals surface area contributed by atoms with Gasteiger partial charge in [-0.3, -0.25) is 0 Å². The van der Waals surface area contributed by atoms with Gasteiger partial charge in [-0.25, -0.2) is 9.59 Å². The standard InChI is InChI=1S/C7H6BrNO2.C7H6O2/c8-9-6-4-2-1-3-5(6)7(10)11;8-7(9)6-4-2-1-3-5-6/h1-4,9H,(H,10,11);1-5H,(H,8,9). The van der Waals surface area contributed by atoms with Crippen LogP contribution in [0.5, 0.6) is 0 Å². The van der Waals surface area contributed by atoms with E-state index in [0.717, 1.165) is 0 Å². The second-order valence-corrected chi connectivity index (χ2v) is 4.01. The summed E-state index contributed by atoms with van der Waals surface area (Å²) in [4.78, 5) is 20.7. The van der Waals surface area contributed by atoms with Crippen LogP contribution in [0.1, 0.15) is 20.7 Å². The highest BCUT2D eigenvalue weighted by Crippen LogP contribution is 2.15. The van der Waals surface area contributed by atoms with E-state index in [9.17, 15) is 9.59 Å². The Balaban J connectivity index is 0.000000204. The Morgan fingerprint density at radius 1 is 0.850 bits per heavy atom. The molecule has 3 N–H and O–H groups in total. The summed E-state index contributed by atoms with van der Waals surface area (Å²) in [6.45, 7) is 0. The Hall–Kier alpha value is -2.34. The third-order valence-electron chi connectivity index (χ3n) is 2.28. The molecule has 2 aromatic carbocycles. The van der Waals surface area contributed by atoms with Crippen LogP contribution < -0.4 is 4.34 Å². The van der Waals surface area contributed by atoms with Crippen LogP contribution in [0.25, 0.3) is 0 Å². The van der Waals surface area contributed by atoms with Gasteiger partial charge in [-0.1, -0.05) is 30.3 Å². The van der Waals surface area contributed by atoms with E-state index in [4.69, 9.17) is 10.2 Å². The van der Waals surface area contributed by atoms with E-state index in [2.05, 4.69) is 20.5 Å².